The van der Waals surface area contributed by atoms with Crippen molar-refractivity contribution >= 4 is 35.8 Å². The third-order valence-corrected chi connectivity index (χ3v) is 6.01. The molecule has 1 heterocycles. The van der Waals surface area contributed by atoms with E-state index >= 15 is 0 Å². The first-order chi connectivity index (χ1) is 12.8. The summed E-state index contributed by atoms with van der Waals surface area (Å²) in [7, 11) is 0. The summed E-state index contributed by atoms with van der Waals surface area (Å²) >= 11 is 5.71. The number of β-amino-alcohol motifs (C(OH)–C–C–N with tert-alkyl or cyclic N) is 1. The molecule has 1 atom stereocenters. The number of ether oxygens (including phenoxy) is 1. The number of nitro groups is 2. The van der Waals surface area contributed by atoms with Gasteiger partial charge in [0.05, 0.1) is 27.4 Å². The Hall–Kier alpha value is -1.44. The number of hydrogen-bond acceptors (Lipinski definition) is 10. The van der Waals surface area contributed by atoms with Gasteiger partial charge in [-0.15, -0.1) is 12.6 Å². The number of nitro benzene ring substituents is 2. The average molecular weight is 418 g/mol. The number of non-ortho nitro benzene ring substituents is 1. The highest BCUT2D eigenvalue weighted by Gasteiger charge is 2.39. The molecule has 2 rings (SSSR count). The lowest BCUT2D eigenvalue weighted by molar-refractivity contribution is -0.396. The van der Waals surface area contributed by atoms with Crippen LogP contribution in [0.15, 0.2) is 23.1 Å². The average Bonchev–Trinajstić information content (AvgIpc) is 2.62. The third-order valence-electron chi connectivity index (χ3n) is 4.11. The highest BCUT2D eigenvalue weighted by Crippen LogP contribution is 2.44. The minimum absolute atomic E-state index is 0.0845. The molecule has 1 aromatic carbocycles. The molecule has 1 fully saturated rings. The number of rotatable bonds is 9. The molecule has 27 heavy (non-hydrogen) atoms. The fraction of sp³-hybridized carbons (Fsp3) is 0.600. The smallest absolute Gasteiger partial charge is 0.289 e. The molecule has 0 bridgehead atoms. The van der Waals surface area contributed by atoms with Gasteiger partial charge in [0.1, 0.15) is 0 Å². The maximum atomic E-state index is 11.4. The van der Waals surface area contributed by atoms with Gasteiger partial charge in [-0.05, 0) is 13.0 Å². The van der Waals surface area contributed by atoms with Crippen molar-refractivity contribution in [1.29, 1.82) is 0 Å². The monoisotopic (exact) mass is 418 g/mol. The number of benzene rings is 1. The molecular weight excluding hydrogens is 396 g/mol. The van der Waals surface area contributed by atoms with Crippen molar-refractivity contribution in [3.8, 4) is 0 Å². The van der Waals surface area contributed by atoms with Gasteiger partial charge in [0.2, 0.25) is 4.39 Å². The summed E-state index contributed by atoms with van der Waals surface area (Å²) in [6, 6.07) is 3.53. The molecule has 0 aromatic heterocycles. The fourth-order valence-electron chi connectivity index (χ4n) is 2.76. The molecule has 12 heteroatoms. The number of nitrogens with zero attached hydrogens (tertiary/aromatic N) is 4. The molecule has 0 radical (unpaired) electrons. The molecule has 1 aliphatic rings. The predicted molar refractivity (Wildman–Crippen MR) is 104 cm³/mol. The van der Waals surface area contributed by atoms with Crippen molar-refractivity contribution in [2.75, 3.05) is 45.9 Å². The fourth-order valence-corrected chi connectivity index (χ4v) is 4.53. The van der Waals surface area contributed by atoms with Crippen LogP contribution in [0, 0.1) is 20.2 Å². The summed E-state index contributed by atoms with van der Waals surface area (Å²) in [5.74, 6) is 0. The van der Waals surface area contributed by atoms with Gasteiger partial charge in [-0.2, -0.15) is 0 Å². The van der Waals surface area contributed by atoms with Gasteiger partial charge in [-0.3, -0.25) is 30.0 Å². The van der Waals surface area contributed by atoms with E-state index < -0.39 is 14.2 Å². The third kappa shape index (κ3) is 5.53. The van der Waals surface area contributed by atoms with Crippen molar-refractivity contribution in [1.82, 2.24) is 9.80 Å². The van der Waals surface area contributed by atoms with Crippen LogP contribution in [-0.2, 0) is 4.74 Å². The lowest BCUT2D eigenvalue weighted by Gasteiger charge is -2.43. The lowest BCUT2D eigenvalue weighted by atomic mass is 10.3. The van der Waals surface area contributed by atoms with Gasteiger partial charge < -0.3 is 9.84 Å². The molecule has 0 spiro atoms. The highest BCUT2D eigenvalue weighted by atomic mass is 32.2. The van der Waals surface area contributed by atoms with Gasteiger partial charge in [-0.25, -0.2) is 0 Å². The molecule has 1 N–H and O–H groups in total. The zero-order valence-corrected chi connectivity index (χ0v) is 16.5. The standard InChI is InChI=1S/C15H22N4O6S2/c1-2-25-15(26,17-7-5-16(6-8-17)9-10-20)27-14-4-3-12(18(21)22)11-13(14)19(23)24/h3-4,11,20,26H,2,5-10H2,1H3. The van der Waals surface area contributed by atoms with Gasteiger partial charge in [0, 0.05) is 45.4 Å². The van der Waals surface area contributed by atoms with Crippen LogP contribution < -0.4 is 0 Å². The topological polar surface area (TPSA) is 122 Å². The largest absolute Gasteiger partial charge is 0.395 e. The summed E-state index contributed by atoms with van der Waals surface area (Å²) in [6.07, 6.45) is 0. The van der Waals surface area contributed by atoms with Crippen LogP contribution in [0.2, 0.25) is 0 Å². The quantitative estimate of drug-likeness (QED) is 0.203. The molecule has 1 aromatic rings. The van der Waals surface area contributed by atoms with Crippen LogP contribution in [0.25, 0.3) is 0 Å². The molecule has 10 nitrogen and oxygen atoms in total. The van der Waals surface area contributed by atoms with Crippen LogP contribution >= 0.6 is 24.4 Å². The second-order valence-electron chi connectivity index (χ2n) is 5.80. The Morgan fingerprint density at radius 3 is 2.44 bits per heavy atom. The van der Waals surface area contributed by atoms with Crippen molar-refractivity contribution in [3.05, 3.63) is 38.4 Å². The van der Waals surface area contributed by atoms with Crippen LogP contribution in [-0.4, -0.2) is 75.1 Å². The van der Waals surface area contributed by atoms with E-state index in [4.69, 9.17) is 9.84 Å². The molecule has 1 unspecified atom stereocenters. The Kier molecular flexibility index (Phi) is 7.82. The van der Waals surface area contributed by atoms with Gasteiger partial charge in [-0.1, -0.05) is 11.8 Å². The first kappa shape index (κ1) is 21.9. The second kappa shape index (κ2) is 9.66. The van der Waals surface area contributed by atoms with Crippen LogP contribution in [0.4, 0.5) is 11.4 Å². The van der Waals surface area contributed by atoms with Crippen molar-refractivity contribution < 1.29 is 19.7 Å². The van der Waals surface area contributed by atoms with Crippen molar-refractivity contribution in [2.45, 2.75) is 16.2 Å². The second-order valence-corrected chi connectivity index (χ2v) is 7.91. The van der Waals surface area contributed by atoms with Crippen molar-refractivity contribution in [3.63, 3.8) is 0 Å². The normalized spacial score (nSPS) is 18.2. The summed E-state index contributed by atoms with van der Waals surface area (Å²) in [4.78, 5) is 25.3. The van der Waals surface area contributed by atoms with E-state index in [2.05, 4.69) is 17.5 Å². The Morgan fingerprint density at radius 1 is 1.26 bits per heavy atom. The van der Waals surface area contributed by atoms with E-state index in [1.54, 1.807) is 6.92 Å². The van der Waals surface area contributed by atoms with Gasteiger partial charge in [0.15, 0.2) is 0 Å². The molecule has 150 valence electrons. The molecular formula is C15H22N4O6S2. The van der Waals surface area contributed by atoms with Crippen LogP contribution in [0.3, 0.4) is 0 Å². The minimum Gasteiger partial charge on any atom is -0.395 e. The number of thioether (sulfide) groups is 1. The number of piperazine rings is 1. The molecule has 1 saturated heterocycles. The molecule has 0 saturated carbocycles. The highest BCUT2D eigenvalue weighted by molar-refractivity contribution is 8.11. The van der Waals surface area contributed by atoms with Crippen molar-refractivity contribution in [2.24, 2.45) is 0 Å². The van der Waals surface area contributed by atoms with Crippen LogP contribution in [0.1, 0.15) is 6.92 Å². The van der Waals surface area contributed by atoms with Gasteiger partial charge >= 0.3 is 0 Å². The first-order valence-corrected chi connectivity index (χ1v) is 9.63. The predicted octanol–water partition coefficient (Wildman–Crippen LogP) is 1.78. The Morgan fingerprint density at radius 2 is 1.93 bits per heavy atom. The maximum absolute atomic E-state index is 11.4. The zero-order chi connectivity index (χ0) is 20.0. The maximum Gasteiger partial charge on any atom is 0.289 e. The molecule has 1 aliphatic heterocycles. The van der Waals surface area contributed by atoms with E-state index in [0.29, 0.717) is 39.3 Å². The Balaban J connectivity index is 2.25. The Labute approximate surface area is 166 Å². The lowest BCUT2D eigenvalue weighted by Crippen LogP contribution is -2.54. The van der Waals surface area contributed by atoms with E-state index in [1.807, 2.05) is 4.90 Å². The molecule has 0 aliphatic carbocycles. The molecule has 0 amide bonds. The number of aliphatic hydroxyl groups excluding tert-OH is 1. The van der Waals surface area contributed by atoms with E-state index in [0.717, 1.165) is 17.8 Å². The number of thiol groups is 1. The van der Waals surface area contributed by atoms with E-state index in [-0.39, 0.29) is 22.9 Å². The van der Waals surface area contributed by atoms with E-state index in [1.165, 1.54) is 12.1 Å². The summed E-state index contributed by atoms with van der Waals surface area (Å²) in [5.41, 5.74) is -0.698. The zero-order valence-electron chi connectivity index (χ0n) is 14.8. The minimum atomic E-state index is -1.15. The summed E-state index contributed by atoms with van der Waals surface area (Å²) in [6.45, 7) is 5.45. The SMILES string of the molecule is CCOC(S)(Sc1ccc([N+](=O)[O-])cc1[N+](=O)[O-])N1CCN(CCO)CC1. The van der Waals surface area contributed by atoms with Gasteiger partial charge in [0.25, 0.3) is 11.4 Å². The number of aliphatic hydroxyl groups is 1. The van der Waals surface area contributed by atoms with E-state index in [9.17, 15) is 20.2 Å². The first-order valence-electron chi connectivity index (χ1n) is 8.37. The summed E-state index contributed by atoms with van der Waals surface area (Å²) in [5, 5.41) is 31.4. The van der Waals surface area contributed by atoms with Crippen LogP contribution in [0.5, 0.6) is 0 Å². The number of hydrogen-bond donors (Lipinski definition) is 2. The summed E-state index contributed by atoms with van der Waals surface area (Å²) < 4.78 is 4.66. The Bertz CT molecular complexity index is 686.